The number of allylic oxidation sites excluding steroid dienone is 1. The van der Waals surface area contributed by atoms with Gasteiger partial charge in [-0.1, -0.05) is 0 Å². The van der Waals surface area contributed by atoms with Crippen molar-refractivity contribution in [2.75, 3.05) is 12.3 Å². The Labute approximate surface area is 156 Å². The number of benzene rings is 1. The van der Waals surface area contributed by atoms with Crippen LogP contribution in [0.15, 0.2) is 29.6 Å². The molecule has 1 aromatic carbocycles. The Bertz CT molecular complexity index is 482. The Morgan fingerprint density at radius 1 is 0.870 bits per heavy atom. The van der Waals surface area contributed by atoms with Crippen LogP contribution in [0.25, 0.3) is 6.08 Å². The molecule has 0 fully saturated rings. The summed E-state index contributed by atoms with van der Waals surface area (Å²) in [7, 11) is 0.0804. The topological polar surface area (TPSA) is 0 Å². The summed E-state index contributed by atoms with van der Waals surface area (Å²) in [6.07, 6.45) is 16.7. The van der Waals surface area contributed by atoms with Gasteiger partial charge in [-0.2, -0.15) is 0 Å². The van der Waals surface area contributed by atoms with E-state index in [9.17, 15) is 0 Å². The Balaban J connectivity index is 1.98. The predicted octanol–water partition coefficient (Wildman–Crippen LogP) is 7.27. The van der Waals surface area contributed by atoms with Gasteiger partial charge >= 0.3 is 157 Å². The van der Waals surface area contributed by atoms with Crippen LogP contribution in [-0.4, -0.2) is 12.3 Å². The average Bonchev–Trinajstić information content (AvgIpc) is 2.91. The second kappa shape index (κ2) is 10.9. The number of unbranched alkanes of at least 4 members (excludes halogenated alkanes) is 6. The average molecular weight is 363 g/mol. The van der Waals surface area contributed by atoms with Crippen LogP contribution in [0.1, 0.15) is 80.6 Å². The molecule has 0 saturated carbocycles. The zero-order chi connectivity index (χ0) is 16.5. The summed E-state index contributed by atoms with van der Waals surface area (Å²) in [5, 5.41) is 1.79. The minimum atomic E-state index is 0.0804. The zero-order valence-corrected chi connectivity index (χ0v) is 17.4. The van der Waals surface area contributed by atoms with E-state index in [4.69, 9.17) is 0 Å². The summed E-state index contributed by atoms with van der Waals surface area (Å²) < 4.78 is 0.662. The van der Waals surface area contributed by atoms with Gasteiger partial charge in [-0.3, -0.25) is 0 Å². The molecule has 0 saturated heterocycles. The summed E-state index contributed by atoms with van der Waals surface area (Å²) >= 11 is 2.44. The first-order valence-corrected chi connectivity index (χ1v) is 12.2. The first-order valence-electron chi connectivity index (χ1n) is 9.54. The van der Waals surface area contributed by atoms with Crippen LogP contribution < -0.4 is 0 Å². The van der Waals surface area contributed by atoms with Crippen LogP contribution in [0.3, 0.4) is 0 Å². The van der Waals surface area contributed by atoms with Gasteiger partial charge < -0.3 is 0 Å². The van der Waals surface area contributed by atoms with Crippen LogP contribution in [0.5, 0.6) is 0 Å². The van der Waals surface area contributed by atoms with E-state index in [1.165, 1.54) is 69.3 Å². The standard InChI is InChI=1S/C21H32P.Ti/c1-3-5-7-11-15-22(16-12-8-6-4-2)21-17-19-13-9-10-14-20(19)18-21;/h9-10,13-14,17-18H,3-8,11-12,15-16H2,1-2H3;. The molecule has 1 atom stereocenters. The fourth-order valence-electron chi connectivity index (χ4n) is 3.41. The molecule has 1 aromatic rings. The quantitative estimate of drug-likeness (QED) is 0.220. The van der Waals surface area contributed by atoms with Gasteiger partial charge in [0.2, 0.25) is 0 Å². The van der Waals surface area contributed by atoms with Gasteiger partial charge in [0.15, 0.2) is 0 Å². The molecule has 0 heterocycles. The van der Waals surface area contributed by atoms with Crippen molar-refractivity contribution in [2.45, 2.75) is 69.4 Å². The second-order valence-electron chi connectivity index (χ2n) is 6.74. The monoisotopic (exact) mass is 363 g/mol. The summed E-state index contributed by atoms with van der Waals surface area (Å²) in [5.74, 6) is 0. The molecule has 1 unspecified atom stereocenters. The SMILES string of the molecule is CCCCCCP(CCCCCC)C1=Cc2ccccc2[CH]1[Ti]. The summed E-state index contributed by atoms with van der Waals surface area (Å²) in [5.41, 5.74) is 3.06. The van der Waals surface area contributed by atoms with E-state index in [0.29, 0.717) is 4.22 Å². The molecule has 0 spiro atoms. The van der Waals surface area contributed by atoms with Crippen LogP contribution in [0.4, 0.5) is 0 Å². The molecule has 23 heavy (non-hydrogen) atoms. The van der Waals surface area contributed by atoms with Crippen LogP contribution in [-0.2, 0) is 20.4 Å². The molecule has 0 amide bonds. The molecule has 0 N–H and O–H groups in total. The number of rotatable bonds is 11. The zero-order valence-electron chi connectivity index (χ0n) is 15.0. The normalized spacial score (nSPS) is 16.6. The molecule has 0 nitrogen and oxygen atoms in total. The Morgan fingerprint density at radius 2 is 1.48 bits per heavy atom. The maximum atomic E-state index is 2.55. The molecule has 0 bridgehead atoms. The second-order valence-corrected chi connectivity index (χ2v) is 10.1. The van der Waals surface area contributed by atoms with Gasteiger partial charge in [-0.05, 0) is 0 Å². The number of fused-ring (bicyclic) bond motifs is 1. The van der Waals surface area contributed by atoms with E-state index < -0.39 is 0 Å². The predicted molar refractivity (Wildman–Crippen MR) is 102 cm³/mol. The third-order valence-electron chi connectivity index (χ3n) is 4.83. The van der Waals surface area contributed by atoms with Crippen LogP contribution in [0, 0.1) is 0 Å². The van der Waals surface area contributed by atoms with Gasteiger partial charge in [-0.15, -0.1) is 0 Å². The molecule has 2 rings (SSSR count). The molecule has 0 radical (unpaired) electrons. The van der Waals surface area contributed by atoms with Crippen molar-refractivity contribution in [3.8, 4) is 0 Å². The van der Waals surface area contributed by atoms with E-state index in [1.807, 2.05) is 0 Å². The Hall–Kier alpha value is 0.104. The molecule has 1 aliphatic rings. The third-order valence-corrected chi connectivity index (χ3v) is 9.01. The van der Waals surface area contributed by atoms with Crippen molar-refractivity contribution in [1.29, 1.82) is 0 Å². The molecule has 125 valence electrons. The fourth-order valence-corrected chi connectivity index (χ4v) is 7.58. The molecule has 0 aromatic heterocycles. The van der Waals surface area contributed by atoms with Crippen molar-refractivity contribution in [2.24, 2.45) is 0 Å². The number of hydrogen-bond acceptors (Lipinski definition) is 0. The minimum absolute atomic E-state index is 0.0804. The van der Waals surface area contributed by atoms with Crippen molar-refractivity contribution >= 4 is 14.0 Å². The van der Waals surface area contributed by atoms with E-state index in [0.717, 1.165) is 0 Å². The summed E-state index contributed by atoms with van der Waals surface area (Å²) in [4.78, 5) is 0. The van der Waals surface area contributed by atoms with Crippen molar-refractivity contribution in [3.63, 3.8) is 0 Å². The van der Waals surface area contributed by atoms with Gasteiger partial charge in [0, 0.05) is 0 Å². The van der Waals surface area contributed by atoms with Crippen LogP contribution >= 0.6 is 7.92 Å². The molecule has 0 aliphatic heterocycles. The Kier molecular flexibility index (Phi) is 9.18. The fraction of sp³-hybridized carbons (Fsp3) is 0.619. The van der Waals surface area contributed by atoms with Gasteiger partial charge in [0.05, 0.1) is 0 Å². The molecule has 2 heteroatoms. The number of hydrogen-bond donors (Lipinski definition) is 0. The van der Waals surface area contributed by atoms with E-state index in [2.05, 4.69) is 64.6 Å². The van der Waals surface area contributed by atoms with Gasteiger partial charge in [-0.25, -0.2) is 0 Å². The van der Waals surface area contributed by atoms with Gasteiger partial charge in [0.1, 0.15) is 0 Å². The van der Waals surface area contributed by atoms with E-state index in [1.54, 1.807) is 10.9 Å². The van der Waals surface area contributed by atoms with Crippen molar-refractivity contribution < 1.29 is 20.4 Å². The van der Waals surface area contributed by atoms with Crippen molar-refractivity contribution in [3.05, 3.63) is 40.7 Å². The van der Waals surface area contributed by atoms with Gasteiger partial charge in [0.25, 0.3) is 0 Å². The summed E-state index contributed by atoms with van der Waals surface area (Å²) in [6.45, 7) is 4.62. The molecule has 1 aliphatic carbocycles. The maximum absolute atomic E-state index is 2.55. The van der Waals surface area contributed by atoms with E-state index >= 15 is 0 Å². The summed E-state index contributed by atoms with van der Waals surface area (Å²) in [6, 6.07) is 9.04. The third kappa shape index (κ3) is 5.84. The van der Waals surface area contributed by atoms with E-state index in [-0.39, 0.29) is 7.92 Å². The first-order chi connectivity index (χ1) is 11.3. The van der Waals surface area contributed by atoms with Crippen molar-refractivity contribution in [1.82, 2.24) is 0 Å². The molecular formula is C21H32PTi. The van der Waals surface area contributed by atoms with Crippen LogP contribution in [0.2, 0.25) is 0 Å². The molecular weight excluding hydrogens is 331 g/mol. The Morgan fingerprint density at radius 3 is 2.04 bits per heavy atom. The first kappa shape index (κ1) is 19.4.